The summed E-state index contributed by atoms with van der Waals surface area (Å²) in [5.74, 6) is 3.20. The van der Waals surface area contributed by atoms with Crippen molar-refractivity contribution in [1.29, 1.82) is 0 Å². The molecule has 0 aliphatic heterocycles. The topological polar surface area (TPSA) is 0 Å². The average Bonchev–Trinajstić information content (AvgIpc) is 2.78. The molecule has 0 aromatic rings. The predicted octanol–water partition coefficient (Wildman–Crippen LogP) is 3.92. The second-order valence-electron chi connectivity index (χ2n) is 5.47. The molecule has 13 heavy (non-hydrogen) atoms. The molecular weight excluding hydrogens is 156 g/mol. The third-order valence-electron chi connectivity index (χ3n) is 4.38. The minimum absolute atomic E-state index is 0.981. The largest absolute Gasteiger partial charge is 0.0705 e. The maximum Gasteiger partial charge on any atom is -0.0169 e. The van der Waals surface area contributed by atoms with Gasteiger partial charge in [-0.3, -0.25) is 0 Å². The van der Waals surface area contributed by atoms with Crippen LogP contribution in [0.2, 0.25) is 0 Å². The highest BCUT2D eigenvalue weighted by Gasteiger charge is 2.45. The lowest BCUT2D eigenvalue weighted by Gasteiger charge is -2.23. The SMILES string of the molecule is CC1CCC/C(=C2\CCC3CC23)C1. The van der Waals surface area contributed by atoms with Crippen molar-refractivity contribution >= 4 is 0 Å². The fourth-order valence-electron chi connectivity index (χ4n) is 3.54. The second kappa shape index (κ2) is 2.87. The van der Waals surface area contributed by atoms with Crippen LogP contribution in [-0.4, -0.2) is 0 Å². The molecule has 72 valence electrons. The molecular formula is C13H20. The van der Waals surface area contributed by atoms with Gasteiger partial charge in [0.25, 0.3) is 0 Å². The molecule has 0 spiro atoms. The second-order valence-corrected chi connectivity index (χ2v) is 5.47. The molecule has 0 N–H and O–H groups in total. The van der Waals surface area contributed by atoms with Crippen LogP contribution in [0.25, 0.3) is 0 Å². The molecule has 0 saturated heterocycles. The predicted molar refractivity (Wildman–Crippen MR) is 55.5 cm³/mol. The average molecular weight is 176 g/mol. The molecule has 3 fully saturated rings. The van der Waals surface area contributed by atoms with Gasteiger partial charge in [0.2, 0.25) is 0 Å². The summed E-state index contributed by atoms with van der Waals surface area (Å²) in [5, 5.41) is 0. The van der Waals surface area contributed by atoms with Gasteiger partial charge in [0.15, 0.2) is 0 Å². The summed E-state index contributed by atoms with van der Waals surface area (Å²) in [6, 6.07) is 0. The van der Waals surface area contributed by atoms with Crippen molar-refractivity contribution in [3.8, 4) is 0 Å². The van der Waals surface area contributed by atoms with Crippen molar-refractivity contribution in [2.45, 2.75) is 51.9 Å². The molecule has 3 atom stereocenters. The van der Waals surface area contributed by atoms with Crippen LogP contribution in [0.4, 0.5) is 0 Å². The molecule has 3 saturated carbocycles. The van der Waals surface area contributed by atoms with Crippen molar-refractivity contribution < 1.29 is 0 Å². The Bertz CT molecular complexity index is 249. The first-order valence-corrected chi connectivity index (χ1v) is 6.05. The molecule has 0 bridgehead atoms. The summed E-state index contributed by atoms with van der Waals surface area (Å²) < 4.78 is 0. The number of fused-ring (bicyclic) bond motifs is 1. The van der Waals surface area contributed by atoms with Crippen LogP contribution in [0, 0.1) is 17.8 Å². The summed E-state index contributed by atoms with van der Waals surface area (Å²) in [4.78, 5) is 0. The van der Waals surface area contributed by atoms with Gasteiger partial charge >= 0.3 is 0 Å². The Morgan fingerprint density at radius 2 is 2.08 bits per heavy atom. The fourth-order valence-corrected chi connectivity index (χ4v) is 3.54. The Kier molecular flexibility index (Phi) is 1.78. The summed E-state index contributed by atoms with van der Waals surface area (Å²) >= 11 is 0. The summed E-state index contributed by atoms with van der Waals surface area (Å²) in [5.41, 5.74) is 3.82. The maximum absolute atomic E-state index is 2.43. The Hall–Kier alpha value is -0.260. The third kappa shape index (κ3) is 1.35. The maximum atomic E-state index is 2.43. The zero-order valence-corrected chi connectivity index (χ0v) is 8.68. The van der Waals surface area contributed by atoms with Gasteiger partial charge in [-0.05, 0) is 56.3 Å². The first-order chi connectivity index (χ1) is 6.34. The molecule has 0 aromatic heterocycles. The normalized spacial score (nSPS) is 49.2. The molecule has 0 aromatic carbocycles. The highest BCUT2D eigenvalue weighted by Crippen LogP contribution is 2.57. The molecule has 0 heterocycles. The first-order valence-electron chi connectivity index (χ1n) is 6.05. The van der Waals surface area contributed by atoms with Crippen molar-refractivity contribution in [1.82, 2.24) is 0 Å². The Morgan fingerprint density at radius 1 is 1.15 bits per heavy atom. The van der Waals surface area contributed by atoms with Crippen LogP contribution >= 0.6 is 0 Å². The van der Waals surface area contributed by atoms with E-state index in [1.807, 2.05) is 11.1 Å². The van der Waals surface area contributed by atoms with Gasteiger partial charge in [0.05, 0.1) is 0 Å². The minimum Gasteiger partial charge on any atom is -0.0705 e. The zero-order chi connectivity index (χ0) is 8.84. The highest BCUT2D eigenvalue weighted by molar-refractivity contribution is 5.28. The Morgan fingerprint density at radius 3 is 2.69 bits per heavy atom. The molecule has 0 amide bonds. The monoisotopic (exact) mass is 176 g/mol. The van der Waals surface area contributed by atoms with E-state index in [9.17, 15) is 0 Å². The van der Waals surface area contributed by atoms with E-state index < -0.39 is 0 Å². The lowest BCUT2D eigenvalue weighted by atomic mass is 9.83. The number of rotatable bonds is 0. The summed E-state index contributed by atoms with van der Waals surface area (Å²) in [7, 11) is 0. The molecule has 0 radical (unpaired) electrons. The zero-order valence-electron chi connectivity index (χ0n) is 8.68. The standard InChI is InChI=1S/C13H20/c1-9-3-2-4-10(7-9)12-6-5-11-8-13(11)12/h9,11,13H,2-8H2,1H3/b12-10-. The van der Waals surface area contributed by atoms with E-state index in [0.717, 1.165) is 17.8 Å². The molecule has 3 rings (SSSR count). The van der Waals surface area contributed by atoms with Gasteiger partial charge in [-0.2, -0.15) is 0 Å². The van der Waals surface area contributed by atoms with Crippen LogP contribution in [0.15, 0.2) is 11.1 Å². The number of hydrogen-bond donors (Lipinski definition) is 0. The van der Waals surface area contributed by atoms with E-state index in [1.165, 1.54) is 38.5 Å². The highest BCUT2D eigenvalue weighted by atomic mass is 14.5. The Labute approximate surface area is 81.4 Å². The number of allylic oxidation sites excluding steroid dienone is 2. The molecule has 0 nitrogen and oxygen atoms in total. The smallest absolute Gasteiger partial charge is 0.0169 e. The first kappa shape index (κ1) is 8.08. The van der Waals surface area contributed by atoms with Crippen LogP contribution in [0.1, 0.15) is 51.9 Å². The van der Waals surface area contributed by atoms with Crippen molar-refractivity contribution in [3.63, 3.8) is 0 Å². The molecule has 3 aliphatic rings. The van der Waals surface area contributed by atoms with Crippen LogP contribution in [0.3, 0.4) is 0 Å². The van der Waals surface area contributed by atoms with E-state index in [-0.39, 0.29) is 0 Å². The van der Waals surface area contributed by atoms with Gasteiger partial charge in [-0.25, -0.2) is 0 Å². The van der Waals surface area contributed by atoms with Crippen molar-refractivity contribution in [2.24, 2.45) is 17.8 Å². The van der Waals surface area contributed by atoms with E-state index in [4.69, 9.17) is 0 Å². The van der Waals surface area contributed by atoms with E-state index in [0.29, 0.717) is 0 Å². The molecule has 0 heteroatoms. The van der Waals surface area contributed by atoms with E-state index >= 15 is 0 Å². The van der Waals surface area contributed by atoms with Gasteiger partial charge < -0.3 is 0 Å². The lowest BCUT2D eigenvalue weighted by molar-refractivity contribution is 0.447. The van der Waals surface area contributed by atoms with Gasteiger partial charge in [0, 0.05) is 0 Å². The summed E-state index contributed by atoms with van der Waals surface area (Å²) in [6.45, 7) is 2.43. The minimum atomic E-state index is 0.981. The van der Waals surface area contributed by atoms with Crippen LogP contribution < -0.4 is 0 Å². The Balaban J connectivity index is 1.81. The summed E-state index contributed by atoms with van der Waals surface area (Å²) in [6.07, 6.45) is 10.4. The quantitative estimate of drug-likeness (QED) is 0.491. The van der Waals surface area contributed by atoms with Gasteiger partial charge in [-0.1, -0.05) is 24.5 Å². The van der Waals surface area contributed by atoms with Gasteiger partial charge in [-0.15, -0.1) is 0 Å². The van der Waals surface area contributed by atoms with Crippen LogP contribution in [-0.2, 0) is 0 Å². The van der Waals surface area contributed by atoms with Crippen molar-refractivity contribution in [3.05, 3.63) is 11.1 Å². The third-order valence-corrected chi connectivity index (χ3v) is 4.38. The molecule has 3 aliphatic carbocycles. The molecule has 3 unspecified atom stereocenters. The number of hydrogen-bond acceptors (Lipinski definition) is 0. The van der Waals surface area contributed by atoms with Gasteiger partial charge in [0.1, 0.15) is 0 Å². The fraction of sp³-hybridized carbons (Fsp3) is 0.846. The van der Waals surface area contributed by atoms with Crippen molar-refractivity contribution in [2.75, 3.05) is 0 Å². The lowest BCUT2D eigenvalue weighted by Crippen LogP contribution is -2.06. The van der Waals surface area contributed by atoms with E-state index in [2.05, 4.69) is 6.92 Å². The van der Waals surface area contributed by atoms with E-state index in [1.54, 1.807) is 6.42 Å². The van der Waals surface area contributed by atoms with Crippen LogP contribution in [0.5, 0.6) is 0 Å².